The molecule has 1 aromatic heterocycles. The summed E-state index contributed by atoms with van der Waals surface area (Å²) < 4.78 is 56.2. The number of nitrogens with one attached hydrogen (secondary N) is 1. The highest BCUT2D eigenvalue weighted by molar-refractivity contribution is 7.92. The molecule has 24 heavy (non-hydrogen) atoms. The summed E-state index contributed by atoms with van der Waals surface area (Å²) in [6, 6.07) is 13.5. The molecule has 0 aliphatic heterocycles. The van der Waals surface area contributed by atoms with Crippen LogP contribution in [-0.2, 0) is 10.0 Å². The lowest BCUT2D eigenvalue weighted by molar-refractivity contribution is -0.0499. The van der Waals surface area contributed by atoms with Crippen molar-refractivity contribution < 1.29 is 21.9 Å². The van der Waals surface area contributed by atoms with Gasteiger partial charge in [0.2, 0.25) is 0 Å². The molecule has 0 bridgehead atoms. The number of sulfonamides is 1. The zero-order valence-corrected chi connectivity index (χ0v) is 13.0. The fourth-order valence-corrected chi connectivity index (χ4v) is 3.31. The molecule has 0 radical (unpaired) electrons. The summed E-state index contributed by atoms with van der Waals surface area (Å²) in [6.07, 6.45) is 1.55. The molecule has 8 heteroatoms. The molecule has 0 aliphatic carbocycles. The smallest absolute Gasteiger partial charge is 0.387 e. The standard InChI is InChI=1S/C16H12F2N2O3S/c17-16(18)23-12-6-2-7-13(10-12)24(21,22)20-14-8-1-4-11-5-3-9-19-15(11)14/h1-10,16,20H. The van der Waals surface area contributed by atoms with E-state index in [1.54, 1.807) is 36.5 Å². The zero-order chi connectivity index (χ0) is 17.2. The maximum absolute atomic E-state index is 12.5. The third-order valence-corrected chi connectivity index (χ3v) is 4.58. The van der Waals surface area contributed by atoms with Crippen LogP contribution in [0, 0.1) is 0 Å². The summed E-state index contributed by atoms with van der Waals surface area (Å²) in [5, 5.41) is 0.771. The molecule has 0 saturated carbocycles. The second kappa shape index (κ2) is 6.40. The van der Waals surface area contributed by atoms with E-state index >= 15 is 0 Å². The van der Waals surface area contributed by atoms with Crippen molar-refractivity contribution in [2.75, 3.05) is 4.72 Å². The Labute approximate surface area is 137 Å². The monoisotopic (exact) mass is 350 g/mol. The first-order valence-electron chi connectivity index (χ1n) is 6.87. The maximum atomic E-state index is 12.5. The van der Waals surface area contributed by atoms with Crippen LogP contribution < -0.4 is 9.46 Å². The number of aromatic nitrogens is 1. The van der Waals surface area contributed by atoms with Crippen LogP contribution >= 0.6 is 0 Å². The van der Waals surface area contributed by atoms with Crippen molar-refractivity contribution in [1.82, 2.24) is 4.98 Å². The van der Waals surface area contributed by atoms with E-state index in [1.807, 2.05) is 0 Å². The van der Waals surface area contributed by atoms with Crippen LogP contribution in [0.15, 0.2) is 65.7 Å². The molecule has 1 heterocycles. The van der Waals surface area contributed by atoms with Gasteiger partial charge in [-0.15, -0.1) is 0 Å². The number of anilines is 1. The van der Waals surface area contributed by atoms with Crippen LogP contribution in [0.4, 0.5) is 14.5 Å². The van der Waals surface area contributed by atoms with Crippen molar-refractivity contribution in [3.63, 3.8) is 0 Å². The average Bonchev–Trinajstić information content (AvgIpc) is 2.55. The number of ether oxygens (including phenoxy) is 1. The number of benzene rings is 2. The number of hydrogen-bond donors (Lipinski definition) is 1. The predicted octanol–water partition coefficient (Wildman–Crippen LogP) is 3.64. The lowest BCUT2D eigenvalue weighted by atomic mass is 10.2. The number of halogens is 2. The predicted molar refractivity (Wildman–Crippen MR) is 85.6 cm³/mol. The summed E-state index contributed by atoms with van der Waals surface area (Å²) in [4.78, 5) is 3.98. The van der Waals surface area contributed by atoms with Crippen molar-refractivity contribution in [3.05, 3.63) is 60.8 Å². The Morgan fingerprint density at radius 3 is 2.58 bits per heavy atom. The Morgan fingerprint density at radius 1 is 1.04 bits per heavy atom. The lowest BCUT2D eigenvalue weighted by Crippen LogP contribution is -2.14. The van der Waals surface area contributed by atoms with Gasteiger partial charge >= 0.3 is 6.61 Å². The lowest BCUT2D eigenvalue weighted by Gasteiger charge is -2.11. The highest BCUT2D eigenvalue weighted by atomic mass is 32.2. The summed E-state index contributed by atoms with van der Waals surface area (Å²) in [7, 11) is -3.98. The second-order valence-corrected chi connectivity index (χ2v) is 6.52. The molecule has 0 atom stereocenters. The van der Waals surface area contributed by atoms with Gasteiger partial charge in [-0.05, 0) is 24.3 Å². The largest absolute Gasteiger partial charge is 0.435 e. The first-order valence-corrected chi connectivity index (χ1v) is 8.35. The Kier molecular flexibility index (Phi) is 4.30. The normalized spacial score (nSPS) is 11.6. The summed E-state index contributed by atoms with van der Waals surface area (Å²) in [5.41, 5.74) is 0.789. The second-order valence-electron chi connectivity index (χ2n) is 4.84. The van der Waals surface area contributed by atoms with Gasteiger partial charge in [0, 0.05) is 17.6 Å². The van der Waals surface area contributed by atoms with Gasteiger partial charge in [0.15, 0.2) is 0 Å². The quantitative estimate of drug-likeness (QED) is 0.763. The highest BCUT2D eigenvalue weighted by Gasteiger charge is 2.17. The van der Waals surface area contributed by atoms with E-state index in [-0.39, 0.29) is 10.6 Å². The van der Waals surface area contributed by atoms with Gasteiger partial charge in [-0.2, -0.15) is 8.78 Å². The van der Waals surface area contributed by atoms with E-state index in [0.717, 1.165) is 11.5 Å². The molecule has 0 unspecified atom stereocenters. The molecular weight excluding hydrogens is 338 g/mol. The van der Waals surface area contributed by atoms with Gasteiger partial charge in [-0.3, -0.25) is 9.71 Å². The van der Waals surface area contributed by atoms with E-state index in [2.05, 4.69) is 14.4 Å². The van der Waals surface area contributed by atoms with Crippen LogP contribution in [0.3, 0.4) is 0 Å². The molecule has 0 aliphatic rings. The van der Waals surface area contributed by atoms with Gasteiger partial charge in [0.25, 0.3) is 10.0 Å². The first-order chi connectivity index (χ1) is 11.5. The van der Waals surface area contributed by atoms with Crippen molar-refractivity contribution in [2.45, 2.75) is 11.5 Å². The van der Waals surface area contributed by atoms with E-state index in [0.29, 0.717) is 11.2 Å². The molecule has 2 aromatic carbocycles. The van der Waals surface area contributed by atoms with Gasteiger partial charge in [-0.25, -0.2) is 8.42 Å². The van der Waals surface area contributed by atoms with Crippen molar-refractivity contribution in [1.29, 1.82) is 0 Å². The molecule has 0 fully saturated rings. The first kappa shape index (κ1) is 16.1. The summed E-state index contributed by atoms with van der Waals surface area (Å²) >= 11 is 0. The van der Waals surface area contributed by atoms with E-state index in [1.165, 1.54) is 18.2 Å². The minimum Gasteiger partial charge on any atom is -0.435 e. The molecule has 5 nitrogen and oxygen atoms in total. The number of alkyl halides is 2. The van der Waals surface area contributed by atoms with Gasteiger partial charge < -0.3 is 4.74 Å². The van der Waals surface area contributed by atoms with Crippen molar-refractivity contribution in [3.8, 4) is 5.75 Å². The minimum absolute atomic E-state index is 0.186. The van der Waals surface area contributed by atoms with E-state index < -0.39 is 16.6 Å². The van der Waals surface area contributed by atoms with E-state index in [4.69, 9.17) is 0 Å². The number of rotatable bonds is 5. The molecule has 0 spiro atoms. The Morgan fingerprint density at radius 2 is 1.79 bits per heavy atom. The van der Waals surface area contributed by atoms with Gasteiger partial charge in [0.1, 0.15) is 5.75 Å². The number of nitrogens with zero attached hydrogens (tertiary/aromatic N) is 1. The van der Waals surface area contributed by atoms with Crippen LogP contribution in [-0.4, -0.2) is 20.0 Å². The third kappa shape index (κ3) is 3.43. The maximum Gasteiger partial charge on any atom is 0.387 e. The van der Waals surface area contributed by atoms with E-state index in [9.17, 15) is 17.2 Å². The molecule has 124 valence electrons. The fraction of sp³-hybridized carbons (Fsp3) is 0.0625. The Hall–Kier alpha value is -2.74. The molecule has 1 N–H and O–H groups in total. The van der Waals surface area contributed by atoms with Crippen molar-refractivity contribution in [2.24, 2.45) is 0 Å². The fourth-order valence-electron chi connectivity index (χ4n) is 2.21. The SMILES string of the molecule is O=S(=O)(Nc1cccc2cccnc12)c1cccc(OC(F)F)c1. The van der Waals surface area contributed by atoms with Gasteiger partial charge in [-0.1, -0.05) is 24.3 Å². The topological polar surface area (TPSA) is 68.3 Å². The summed E-state index contributed by atoms with van der Waals surface area (Å²) in [6.45, 7) is -3.03. The number of fused-ring (bicyclic) bond motifs is 1. The zero-order valence-electron chi connectivity index (χ0n) is 12.2. The minimum atomic E-state index is -3.98. The molecule has 3 aromatic rings. The number of hydrogen-bond acceptors (Lipinski definition) is 4. The van der Waals surface area contributed by atoms with Crippen molar-refractivity contribution >= 4 is 26.6 Å². The van der Waals surface area contributed by atoms with Gasteiger partial charge in [0.05, 0.1) is 16.1 Å². The molecule has 3 rings (SSSR count). The van der Waals surface area contributed by atoms with Crippen LogP contribution in [0.5, 0.6) is 5.75 Å². The van der Waals surface area contributed by atoms with Crippen LogP contribution in [0.2, 0.25) is 0 Å². The van der Waals surface area contributed by atoms with Crippen LogP contribution in [0.25, 0.3) is 10.9 Å². The van der Waals surface area contributed by atoms with Crippen LogP contribution in [0.1, 0.15) is 0 Å². The average molecular weight is 350 g/mol. The number of para-hydroxylation sites is 1. The highest BCUT2D eigenvalue weighted by Crippen LogP contribution is 2.25. The molecule has 0 amide bonds. The number of pyridine rings is 1. The molecular formula is C16H12F2N2O3S. The Bertz CT molecular complexity index is 972. The molecule has 0 saturated heterocycles. The summed E-state index contributed by atoms with van der Waals surface area (Å²) in [5.74, 6) is -0.232. The Balaban J connectivity index is 1.96. The third-order valence-electron chi connectivity index (χ3n) is 3.22.